The number of hydrogen-bond donors (Lipinski definition) is 1. The fourth-order valence-corrected chi connectivity index (χ4v) is 0.643. The molecule has 0 aliphatic carbocycles. The first kappa shape index (κ1) is 14.3. The smallest absolute Gasteiger partial charge is 0.151 e. The molecule has 0 unspecified atom stereocenters. The van der Waals surface area contributed by atoms with Gasteiger partial charge >= 0.3 is 0 Å². The number of carbonyl (C=O) groups is 1. The predicted molar refractivity (Wildman–Crippen MR) is 55.8 cm³/mol. The zero-order chi connectivity index (χ0) is 10.7. The van der Waals surface area contributed by atoms with E-state index >= 15 is 0 Å². The van der Waals surface area contributed by atoms with Gasteiger partial charge in [0.05, 0.1) is 0 Å². The molecule has 0 saturated carbocycles. The third kappa shape index (κ3) is 7.15. The lowest BCUT2D eigenvalue weighted by atomic mass is 10.2. The van der Waals surface area contributed by atoms with Crippen molar-refractivity contribution in [3.05, 3.63) is 29.6 Å². The molecule has 0 radical (unpaired) electrons. The van der Waals surface area contributed by atoms with Gasteiger partial charge in [-0.25, -0.2) is 0 Å². The standard InChI is InChI=1S/C7H7NO.C2H6.CH5N/c1-6-2-7(5-9)4-8-3-6;2*1-2/h2-5H,1H3;1-2H3;2H2,1H3. The monoisotopic (exact) mass is 182 g/mol. The first-order valence-electron chi connectivity index (χ1n) is 4.27. The van der Waals surface area contributed by atoms with Gasteiger partial charge in [0.1, 0.15) is 0 Å². The van der Waals surface area contributed by atoms with Crippen LogP contribution in [0.5, 0.6) is 0 Å². The molecule has 2 N–H and O–H groups in total. The Morgan fingerprint density at radius 1 is 1.31 bits per heavy atom. The molecule has 0 aromatic carbocycles. The third-order valence-electron chi connectivity index (χ3n) is 1.03. The van der Waals surface area contributed by atoms with E-state index in [4.69, 9.17) is 0 Å². The average molecular weight is 182 g/mol. The van der Waals surface area contributed by atoms with Gasteiger partial charge in [-0.05, 0) is 25.6 Å². The van der Waals surface area contributed by atoms with E-state index < -0.39 is 0 Å². The van der Waals surface area contributed by atoms with Crippen LogP contribution in [-0.2, 0) is 0 Å². The molecule has 13 heavy (non-hydrogen) atoms. The van der Waals surface area contributed by atoms with Crippen LogP contribution in [0.25, 0.3) is 0 Å². The van der Waals surface area contributed by atoms with E-state index in [2.05, 4.69) is 10.7 Å². The van der Waals surface area contributed by atoms with E-state index in [1.165, 1.54) is 7.05 Å². The SMILES string of the molecule is CC.CN.Cc1cncc(C=O)c1. The van der Waals surface area contributed by atoms with Gasteiger partial charge in [-0.1, -0.05) is 13.8 Å². The number of nitrogens with zero attached hydrogens (tertiary/aromatic N) is 1. The molecule has 0 aliphatic heterocycles. The summed E-state index contributed by atoms with van der Waals surface area (Å²) >= 11 is 0. The molecule has 1 aromatic heterocycles. The van der Waals surface area contributed by atoms with E-state index in [0.29, 0.717) is 5.56 Å². The number of rotatable bonds is 1. The van der Waals surface area contributed by atoms with Crippen LogP contribution in [0.4, 0.5) is 0 Å². The summed E-state index contributed by atoms with van der Waals surface area (Å²) in [4.78, 5) is 13.9. The summed E-state index contributed by atoms with van der Waals surface area (Å²) in [6.45, 7) is 5.90. The molecule has 0 spiro atoms. The molecular weight excluding hydrogens is 164 g/mol. The Bertz CT molecular complexity index is 224. The topological polar surface area (TPSA) is 56.0 Å². The van der Waals surface area contributed by atoms with E-state index in [1.54, 1.807) is 18.5 Å². The molecule has 0 bridgehead atoms. The Morgan fingerprint density at radius 2 is 1.85 bits per heavy atom. The average Bonchev–Trinajstić information content (AvgIpc) is 2.24. The number of pyridine rings is 1. The predicted octanol–water partition coefficient (Wildman–Crippen LogP) is 1.80. The highest BCUT2D eigenvalue weighted by Crippen LogP contribution is 1.96. The van der Waals surface area contributed by atoms with Gasteiger partial charge in [-0.3, -0.25) is 9.78 Å². The summed E-state index contributed by atoms with van der Waals surface area (Å²) in [5, 5.41) is 0. The normalized spacial score (nSPS) is 7.15. The lowest BCUT2D eigenvalue weighted by Gasteiger charge is -1.89. The first-order chi connectivity index (χ1) is 6.33. The molecule has 74 valence electrons. The summed E-state index contributed by atoms with van der Waals surface area (Å²) < 4.78 is 0. The highest BCUT2D eigenvalue weighted by atomic mass is 16.1. The van der Waals surface area contributed by atoms with Gasteiger partial charge in [0.15, 0.2) is 6.29 Å². The van der Waals surface area contributed by atoms with Crippen LogP contribution in [-0.4, -0.2) is 18.3 Å². The van der Waals surface area contributed by atoms with Gasteiger partial charge in [-0.2, -0.15) is 0 Å². The van der Waals surface area contributed by atoms with Crippen molar-refractivity contribution in [3.63, 3.8) is 0 Å². The zero-order valence-electron chi connectivity index (χ0n) is 8.74. The van der Waals surface area contributed by atoms with E-state index in [-0.39, 0.29) is 0 Å². The fourth-order valence-electron chi connectivity index (χ4n) is 0.643. The maximum atomic E-state index is 10.1. The molecular formula is C10H18N2O. The quantitative estimate of drug-likeness (QED) is 0.674. The number of aryl methyl sites for hydroxylation is 1. The molecule has 3 nitrogen and oxygen atoms in total. The van der Waals surface area contributed by atoms with Gasteiger partial charge in [0.2, 0.25) is 0 Å². The van der Waals surface area contributed by atoms with Gasteiger partial charge in [0, 0.05) is 18.0 Å². The van der Waals surface area contributed by atoms with Crippen LogP contribution in [0.3, 0.4) is 0 Å². The van der Waals surface area contributed by atoms with Crippen LogP contribution < -0.4 is 5.73 Å². The number of nitrogens with two attached hydrogens (primary N) is 1. The Hall–Kier alpha value is -1.22. The summed E-state index contributed by atoms with van der Waals surface area (Å²) in [6, 6.07) is 1.79. The summed E-state index contributed by atoms with van der Waals surface area (Å²) in [5.41, 5.74) is 6.15. The third-order valence-corrected chi connectivity index (χ3v) is 1.03. The maximum Gasteiger partial charge on any atom is 0.151 e. The largest absolute Gasteiger partial charge is 0.333 e. The van der Waals surface area contributed by atoms with Crippen molar-refractivity contribution in [2.45, 2.75) is 20.8 Å². The molecule has 1 aromatic rings. The van der Waals surface area contributed by atoms with Crippen molar-refractivity contribution in [3.8, 4) is 0 Å². The Labute approximate surface area is 80.0 Å². The number of aromatic nitrogens is 1. The van der Waals surface area contributed by atoms with Crippen LogP contribution in [0, 0.1) is 6.92 Å². The Balaban J connectivity index is 0. The van der Waals surface area contributed by atoms with Crippen LogP contribution >= 0.6 is 0 Å². The van der Waals surface area contributed by atoms with E-state index in [0.717, 1.165) is 11.8 Å². The second-order valence-electron chi connectivity index (χ2n) is 1.91. The molecule has 1 heterocycles. The van der Waals surface area contributed by atoms with Crippen molar-refractivity contribution in [2.75, 3.05) is 7.05 Å². The highest BCUT2D eigenvalue weighted by molar-refractivity contribution is 5.74. The minimum atomic E-state index is 0.634. The summed E-state index contributed by atoms with van der Waals surface area (Å²) in [7, 11) is 1.50. The molecule has 3 heteroatoms. The molecule has 0 amide bonds. The minimum absolute atomic E-state index is 0.634. The summed E-state index contributed by atoms with van der Waals surface area (Å²) in [5.74, 6) is 0. The fraction of sp³-hybridized carbons (Fsp3) is 0.400. The zero-order valence-corrected chi connectivity index (χ0v) is 8.74. The van der Waals surface area contributed by atoms with Crippen molar-refractivity contribution < 1.29 is 4.79 Å². The van der Waals surface area contributed by atoms with Gasteiger partial charge in [0.25, 0.3) is 0 Å². The number of carbonyl (C=O) groups excluding carboxylic acids is 1. The van der Waals surface area contributed by atoms with Crippen molar-refractivity contribution >= 4 is 6.29 Å². The molecule has 1 rings (SSSR count). The van der Waals surface area contributed by atoms with Gasteiger partial charge in [-0.15, -0.1) is 0 Å². The highest BCUT2D eigenvalue weighted by Gasteiger charge is 1.87. The Morgan fingerprint density at radius 3 is 2.15 bits per heavy atom. The second kappa shape index (κ2) is 10.8. The van der Waals surface area contributed by atoms with Crippen molar-refractivity contribution in [1.29, 1.82) is 0 Å². The Kier molecular flexibility index (Phi) is 11.9. The van der Waals surface area contributed by atoms with Crippen LogP contribution in [0.2, 0.25) is 0 Å². The van der Waals surface area contributed by atoms with E-state index in [1.807, 2.05) is 20.8 Å². The first-order valence-corrected chi connectivity index (χ1v) is 4.27. The minimum Gasteiger partial charge on any atom is -0.333 e. The van der Waals surface area contributed by atoms with Crippen LogP contribution in [0.15, 0.2) is 18.5 Å². The molecule has 0 saturated heterocycles. The van der Waals surface area contributed by atoms with Crippen molar-refractivity contribution in [1.82, 2.24) is 4.98 Å². The second-order valence-corrected chi connectivity index (χ2v) is 1.91. The van der Waals surface area contributed by atoms with Crippen LogP contribution in [0.1, 0.15) is 29.8 Å². The maximum absolute atomic E-state index is 10.1. The molecule has 0 aliphatic rings. The molecule has 0 atom stereocenters. The lowest BCUT2D eigenvalue weighted by molar-refractivity contribution is 0.112. The summed E-state index contributed by atoms with van der Waals surface area (Å²) in [6.07, 6.45) is 4.05. The van der Waals surface area contributed by atoms with Gasteiger partial charge < -0.3 is 5.73 Å². The molecule has 0 fully saturated rings. The number of hydrogen-bond acceptors (Lipinski definition) is 3. The number of aldehydes is 1. The lowest BCUT2D eigenvalue weighted by Crippen LogP contribution is -1.82. The van der Waals surface area contributed by atoms with Crippen molar-refractivity contribution in [2.24, 2.45) is 5.73 Å². The van der Waals surface area contributed by atoms with E-state index in [9.17, 15) is 4.79 Å².